The Morgan fingerprint density at radius 3 is 2.91 bits per heavy atom. The molecule has 0 amide bonds. The van der Waals surface area contributed by atoms with E-state index in [9.17, 15) is 0 Å². The lowest BCUT2D eigenvalue weighted by molar-refractivity contribution is 0.0395. The van der Waals surface area contributed by atoms with Crippen molar-refractivity contribution >= 4 is 0 Å². The third-order valence-electron chi connectivity index (χ3n) is 2.35. The zero-order chi connectivity index (χ0) is 8.32. The second kappa shape index (κ2) is 3.55. The third-order valence-corrected chi connectivity index (χ3v) is 2.35. The van der Waals surface area contributed by atoms with Crippen molar-refractivity contribution in [1.29, 1.82) is 0 Å². The Hall–Kier alpha value is -0.0800. The average Bonchev–Trinajstić information content (AvgIpc) is 1.86. The van der Waals surface area contributed by atoms with Gasteiger partial charge >= 0.3 is 0 Å². The van der Waals surface area contributed by atoms with E-state index in [4.69, 9.17) is 4.74 Å². The van der Waals surface area contributed by atoms with Crippen LogP contribution in [0.1, 0.15) is 19.8 Å². The third kappa shape index (κ3) is 2.46. The van der Waals surface area contributed by atoms with Crippen LogP contribution in [0.5, 0.6) is 0 Å². The molecule has 1 aliphatic heterocycles. The SMILES string of the molecule is [CH2-]N1CCCC(C)(COC)C1. The summed E-state index contributed by atoms with van der Waals surface area (Å²) in [6.45, 7) is 5.34. The molecule has 1 aliphatic rings. The zero-order valence-corrected chi connectivity index (χ0v) is 7.60. The Bertz CT molecular complexity index is 123. The highest BCUT2D eigenvalue weighted by Gasteiger charge is 2.26. The fraction of sp³-hybridized carbons (Fsp3) is 0.889. The van der Waals surface area contributed by atoms with Crippen LogP contribution in [0, 0.1) is 12.5 Å². The van der Waals surface area contributed by atoms with Gasteiger partial charge in [0.1, 0.15) is 0 Å². The van der Waals surface area contributed by atoms with Crippen molar-refractivity contribution in [2.75, 3.05) is 26.8 Å². The van der Waals surface area contributed by atoms with E-state index in [2.05, 4.69) is 18.9 Å². The van der Waals surface area contributed by atoms with Crippen molar-refractivity contribution in [2.45, 2.75) is 19.8 Å². The van der Waals surface area contributed by atoms with Gasteiger partial charge in [0.15, 0.2) is 0 Å². The topological polar surface area (TPSA) is 12.5 Å². The van der Waals surface area contributed by atoms with Gasteiger partial charge in [0.25, 0.3) is 0 Å². The summed E-state index contributed by atoms with van der Waals surface area (Å²) in [5.41, 5.74) is 0.342. The van der Waals surface area contributed by atoms with E-state index >= 15 is 0 Å². The van der Waals surface area contributed by atoms with Gasteiger partial charge in [-0.05, 0) is 25.9 Å². The van der Waals surface area contributed by atoms with Crippen LogP contribution in [-0.4, -0.2) is 31.7 Å². The quantitative estimate of drug-likeness (QED) is 0.562. The van der Waals surface area contributed by atoms with Gasteiger partial charge < -0.3 is 9.64 Å². The van der Waals surface area contributed by atoms with Gasteiger partial charge in [-0.15, -0.1) is 0 Å². The number of nitrogens with zero attached hydrogens (tertiary/aromatic N) is 1. The number of hydrogen-bond acceptors (Lipinski definition) is 2. The Balaban J connectivity index is 2.41. The molecule has 2 nitrogen and oxygen atoms in total. The van der Waals surface area contributed by atoms with Gasteiger partial charge in [-0.2, -0.15) is 0 Å². The van der Waals surface area contributed by atoms with E-state index in [-0.39, 0.29) is 0 Å². The molecule has 1 atom stereocenters. The number of methoxy groups -OCH3 is 1. The molecule has 0 saturated carbocycles. The summed E-state index contributed by atoms with van der Waals surface area (Å²) < 4.78 is 5.18. The fourth-order valence-corrected chi connectivity index (χ4v) is 1.89. The Morgan fingerprint density at radius 1 is 1.64 bits per heavy atom. The van der Waals surface area contributed by atoms with Crippen molar-refractivity contribution in [2.24, 2.45) is 5.41 Å². The first-order valence-corrected chi connectivity index (χ1v) is 4.21. The Kier molecular flexibility index (Phi) is 2.90. The molecule has 0 spiro atoms. The molecule has 0 aromatic rings. The first-order valence-electron chi connectivity index (χ1n) is 4.21. The molecule has 2 heteroatoms. The number of hydrogen-bond donors (Lipinski definition) is 0. The van der Waals surface area contributed by atoms with E-state index in [1.54, 1.807) is 7.11 Å². The molecule has 0 radical (unpaired) electrons. The lowest BCUT2D eigenvalue weighted by atomic mass is 9.83. The minimum atomic E-state index is 0.342. The molecule has 0 bridgehead atoms. The molecule has 1 heterocycles. The van der Waals surface area contributed by atoms with Crippen LogP contribution < -0.4 is 0 Å². The highest BCUT2D eigenvalue weighted by Crippen LogP contribution is 2.28. The largest absolute Gasteiger partial charge is 0.459 e. The Morgan fingerprint density at radius 2 is 2.36 bits per heavy atom. The predicted molar refractivity (Wildman–Crippen MR) is 46.1 cm³/mol. The standard InChI is InChI=1S/C9H18NO/c1-9(8-11-3)5-4-6-10(2)7-9/h2,4-8H2,1,3H3/q-1. The highest BCUT2D eigenvalue weighted by atomic mass is 16.5. The number of likely N-dealkylation sites (tertiary alicyclic amines) is 1. The van der Waals surface area contributed by atoms with Crippen LogP contribution in [0.4, 0.5) is 0 Å². The lowest BCUT2D eigenvalue weighted by Crippen LogP contribution is -2.40. The second-order valence-electron chi connectivity index (χ2n) is 3.90. The summed E-state index contributed by atoms with van der Waals surface area (Å²) in [6.07, 6.45) is 2.52. The molecule has 0 N–H and O–H groups in total. The molecular weight excluding hydrogens is 138 g/mol. The van der Waals surface area contributed by atoms with Crippen molar-refractivity contribution < 1.29 is 4.74 Å². The molecule has 0 aromatic carbocycles. The van der Waals surface area contributed by atoms with Crippen molar-refractivity contribution in [1.82, 2.24) is 4.90 Å². The molecule has 1 saturated heterocycles. The molecule has 11 heavy (non-hydrogen) atoms. The molecule has 1 rings (SSSR count). The molecule has 1 unspecified atom stereocenters. The molecule has 0 aliphatic carbocycles. The summed E-state index contributed by atoms with van der Waals surface area (Å²) in [4.78, 5) is 2.14. The normalized spacial score (nSPS) is 34.1. The van der Waals surface area contributed by atoms with Gasteiger partial charge in [-0.1, -0.05) is 6.92 Å². The van der Waals surface area contributed by atoms with Gasteiger partial charge in [-0.25, -0.2) is 0 Å². The monoisotopic (exact) mass is 156 g/mol. The maximum absolute atomic E-state index is 5.18. The predicted octanol–water partition coefficient (Wildman–Crippen LogP) is 1.53. The summed E-state index contributed by atoms with van der Waals surface area (Å²) in [7, 11) is 5.72. The number of rotatable bonds is 2. The van der Waals surface area contributed by atoms with E-state index in [0.29, 0.717) is 5.41 Å². The molecule has 1 fully saturated rings. The fourth-order valence-electron chi connectivity index (χ4n) is 1.89. The van der Waals surface area contributed by atoms with Gasteiger partial charge in [-0.3, -0.25) is 7.05 Å². The maximum Gasteiger partial charge on any atom is 0.0527 e. The lowest BCUT2D eigenvalue weighted by Gasteiger charge is -2.42. The second-order valence-corrected chi connectivity index (χ2v) is 3.90. The van der Waals surface area contributed by atoms with E-state index in [1.807, 2.05) is 0 Å². The van der Waals surface area contributed by atoms with Crippen LogP contribution >= 0.6 is 0 Å². The first-order chi connectivity index (χ1) is 5.16. The van der Waals surface area contributed by atoms with Gasteiger partial charge in [0, 0.05) is 12.5 Å². The van der Waals surface area contributed by atoms with E-state index in [0.717, 1.165) is 19.7 Å². The smallest absolute Gasteiger partial charge is 0.0527 e. The minimum absolute atomic E-state index is 0.342. The first kappa shape index (κ1) is 9.01. The van der Waals surface area contributed by atoms with Crippen molar-refractivity contribution in [3.05, 3.63) is 7.05 Å². The maximum atomic E-state index is 5.18. The summed E-state index contributed by atoms with van der Waals surface area (Å²) >= 11 is 0. The molecular formula is C9H18NO-. The van der Waals surface area contributed by atoms with Crippen LogP contribution in [0.25, 0.3) is 0 Å². The highest BCUT2D eigenvalue weighted by molar-refractivity contribution is 4.82. The van der Waals surface area contributed by atoms with Gasteiger partial charge in [0.2, 0.25) is 0 Å². The average molecular weight is 156 g/mol. The zero-order valence-electron chi connectivity index (χ0n) is 7.60. The minimum Gasteiger partial charge on any atom is -0.459 e. The van der Waals surface area contributed by atoms with E-state index < -0.39 is 0 Å². The van der Waals surface area contributed by atoms with Gasteiger partial charge in [0.05, 0.1) is 6.61 Å². The number of ether oxygens (including phenoxy) is 1. The van der Waals surface area contributed by atoms with Crippen LogP contribution in [-0.2, 0) is 4.74 Å². The summed E-state index contributed by atoms with van der Waals surface area (Å²) in [5, 5.41) is 0. The van der Waals surface area contributed by atoms with Crippen molar-refractivity contribution in [3.63, 3.8) is 0 Å². The van der Waals surface area contributed by atoms with Crippen LogP contribution in [0.2, 0.25) is 0 Å². The van der Waals surface area contributed by atoms with Crippen molar-refractivity contribution in [3.8, 4) is 0 Å². The summed E-state index contributed by atoms with van der Waals surface area (Å²) in [6, 6.07) is 0. The summed E-state index contributed by atoms with van der Waals surface area (Å²) in [5.74, 6) is 0. The number of piperidine rings is 1. The Labute approximate surface area is 69.5 Å². The molecule has 0 aromatic heterocycles. The van der Waals surface area contributed by atoms with E-state index in [1.165, 1.54) is 12.8 Å². The van der Waals surface area contributed by atoms with Crippen LogP contribution in [0.3, 0.4) is 0 Å². The molecule has 66 valence electrons. The van der Waals surface area contributed by atoms with Crippen LogP contribution in [0.15, 0.2) is 0 Å².